The van der Waals surface area contributed by atoms with E-state index in [9.17, 15) is 4.39 Å². The molecule has 0 atom stereocenters. The summed E-state index contributed by atoms with van der Waals surface area (Å²) in [7, 11) is 1.86. The van der Waals surface area contributed by atoms with Crippen LogP contribution < -0.4 is 10.6 Å². The molecule has 0 aliphatic heterocycles. The van der Waals surface area contributed by atoms with Crippen molar-refractivity contribution in [2.75, 3.05) is 11.9 Å². The summed E-state index contributed by atoms with van der Waals surface area (Å²) in [6.45, 7) is 4.03. The van der Waals surface area contributed by atoms with Crippen molar-refractivity contribution >= 4 is 17.2 Å². The summed E-state index contributed by atoms with van der Waals surface area (Å²) >= 11 is 0. The SMILES string of the molecule is Cc1cc(C)cc(N(C)c2ccc(F)cc2C(N)=NO)c1. The molecule has 0 unspecified atom stereocenters. The van der Waals surface area contributed by atoms with E-state index in [1.165, 1.54) is 12.1 Å². The molecule has 0 amide bonds. The highest BCUT2D eigenvalue weighted by atomic mass is 19.1. The second-order valence-corrected chi connectivity index (χ2v) is 5.05. The average Bonchev–Trinajstić information content (AvgIpc) is 2.44. The molecule has 4 nitrogen and oxygen atoms in total. The lowest BCUT2D eigenvalue weighted by atomic mass is 10.1. The van der Waals surface area contributed by atoms with Crippen LogP contribution in [-0.2, 0) is 0 Å². The minimum atomic E-state index is -0.436. The third-order valence-corrected chi connectivity index (χ3v) is 3.30. The Bertz CT molecular complexity index is 678. The first-order valence-corrected chi connectivity index (χ1v) is 6.52. The number of nitrogens with zero attached hydrogens (tertiary/aromatic N) is 2. The Labute approximate surface area is 123 Å². The molecule has 3 N–H and O–H groups in total. The third-order valence-electron chi connectivity index (χ3n) is 3.30. The fraction of sp³-hybridized carbons (Fsp3) is 0.188. The molecular formula is C16H18FN3O. The fourth-order valence-corrected chi connectivity index (χ4v) is 2.34. The maximum Gasteiger partial charge on any atom is 0.172 e. The Kier molecular flexibility index (Phi) is 4.12. The van der Waals surface area contributed by atoms with Gasteiger partial charge in [0.15, 0.2) is 5.84 Å². The summed E-state index contributed by atoms with van der Waals surface area (Å²) in [5.41, 5.74) is 9.86. The van der Waals surface area contributed by atoms with Gasteiger partial charge in [-0.15, -0.1) is 0 Å². The molecule has 21 heavy (non-hydrogen) atoms. The fourth-order valence-electron chi connectivity index (χ4n) is 2.34. The van der Waals surface area contributed by atoms with Gasteiger partial charge in [-0.1, -0.05) is 11.2 Å². The van der Waals surface area contributed by atoms with Crippen molar-refractivity contribution in [1.82, 2.24) is 0 Å². The largest absolute Gasteiger partial charge is 0.409 e. The van der Waals surface area contributed by atoms with Crippen LogP contribution in [0.3, 0.4) is 0 Å². The zero-order chi connectivity index (χ0) is 15.6. The van der Waals surface area contributed by atoms with Crippen LogP contribution in [0.5, 0.6) is 0 Å². The predicted octanol–water partition coefficient (Wildman–Crippen LogP) is 3.30. The summed E-state index contributed by atoms with van der Waals surface area (Å²) < 4.78 is 13.4. The van der Waals surface area contributed by atoms with Gasteiger partial charge in [0.25, 0.3) is 0 Å². The Morgan fingerprint density at radius 1 is 1.14 bits per heavy atom. The van der Waals surface area contributed by atoms with Gasteiger partial charge in [-0.25, -0.2) is 4.39 Å². The van der Waals surface area contributed by atoms with Gasteiger partial charge < -0.3 is 15.8 Å². The molecule has 0 bridgehead atoms. The van der Waals surface area contributed by atoms with Gasteiger partial charge >= 0.3 is 0 Å². The number of nitrogens with two attached hydrogens (primary N) is 1. The smallest absolute Gasteiger partial charge is 0.172 e. The molecule has 0 aromatic heterocycles. The topological polar surface area (TPSA) is 61.8 Å². The number of halogens is 1. The molecule has 0 heterocycles. The Balaban J connectivity index is 2.55. The van der Waals surface area contributed by atoms with E-state index in [4.69, 9.17) is 10.9 Å². The van der Waals surface area contributed by atoms with Crippen molar-refractivity contribution in [3.8, 4) is 0 Å². The first-order chi connectivity index (χ1) is 9.92. The summed E-state index contributed by atoms with van der Waals surface area (Å²) in [6.07, 6.45) is 0. The molecule has 2 aromatic rings. The van der Waals surface area contributed by atoms with E-state index >= 15 is 0 Å². The molecule has 0 radical (unpaired) electrons. The van der Waals surface area contributed by atoms with Gasteiger partial charge in [0.1, 0.15) is 5.82 Å². The van der Waals surface area contributed by atoms with Crippen LogP contribution in [0.4, 0.5) is 15.8 Å². The molecule has 0 saturated heterocycles. The lowest BCUT2D eigenvalue weighted by Gasteiger charge is -2.23. The second-order valence-electron chi connectivity index (χ2n) is 5.05. The van der Waals surface area contributed by atoms with Crippen LogP contribution in [0, 0.1) is 19.7 Å². The van der Waals surface area contributed by atoms with Crippen LogP contribution in [0.25, 0.3) is 0 Å². The molecule has 0 spiro atoms. The van der Waals surface area contributed by atoms with Crippen molar-refractivity contribution in [1.29, 1.82) is 0 Å². The molecule has 0 fully saturated rings. The van der Waals surface area contributed by atoms with E-state index in [2.05, 4.69) is 11.2 Å². The monoisotopic (exact) mass is 287 g/mol. The summed E-state index contributed by atoms with van der Waals surface area (Å²) in [5.74, 6) is -0.560. The number of hydrogen-bond donors (Lipinski definition) is 2. The van der Waals surface area contributed by atoms with E-state index < -0.39 is 5.82 Å². The standard InChI is InChI=1S/C16H18FN3O/c1-10-6-11(2)8-13(7-10)20(3)15-5-4-12(17)9-14(15)16(18)19-21/h4-9,21H,1-3H3,(H2,18,19). The molecule has 110 valence electrons. The van der Waals surface area contributed by atoms with Gasteiger partial charge in [-0.3, -0.25) is 0 Å². The first kappa shape index (κ1) is 14.8. The number of rotatable bonds is 3. The van der Waals surface area contributed by atoms with E-state index in [0.717, 1.165) is 16.8 Å². The molecule has 2 aromatic carbocycles. The highest BCUT2D eigenvalue weighted by Crippen LogP contribution is 2.29. The molecule has 0 aliphatic rings. The number of oxime groups is 1. The molecule has 0 aliphatic carbocycles. The molecular weight excluding hydrogens is 269 g/mol. The van der Waals surface area contributed by atoms with Crippen LogP contribution in [0.15, 0.2) is 41.6 Å². The van der Waals surface area contributed by atoms with Crippen LogP contribution in [-0.4, -0.2) is 18.1 Å². The van der Waals surface area contributed by atoms with Gasteiger partial charge in [0.2, 0.25) is 0 Å². The van der Waals surface area contributed by atoms with Crippen LogP contribution >= 0.6 is 0 Å². The highest BCUT2D eigenvalue weighted by molar-refractivity contribution is 6.02. The van der Waals surface area contributed by atoms with Gasteiger partial charge in [0, 0.05) is 18.3 Å². The Morgan fingerprint density at radius 3 is 2.33 bits per heavy atom. The molecule has 2 rings (SSSR count). The summed E-state index contributed by atoms with van der Waals surface area (Å²) in [5, 5.41) is 11.8. The van der Waals surface area contributed by atoms with E-state index in [-0.39, 0.29) is 5.84 Å². The summed E-state index contributed by atoms with van der Waals surface area (Å²) in [4.78, 5) is 1.88. The zero-order valence-electron chi connectivity index (χ0n) is 12.3. The average molecular weight is 287 g/mol. The normalized spacial score (nSPS) is 11.5. The summed E-state index contributed by atoms with van der Waals surface area (Å²) in [6, 6.07) is 10.3. The Hall–Kier alpha value is -2.56. The van der Waals surface area contributed by atoms with Gasteiger partial charge in [-0.2, -0.15) is 0 Å². The van der Waals surface area contributed by atoms with Crippen molar-refractivity contribution in [3.63, 3.8) is 0 Å². The van der Waals surface area contributed by atoms with E-state index in [0.29, 0.717) is 11.3 Å². The predicted molar refractivity (Wildman–Crippen MR) is 82.9 cm³/mol. The minimum absolute atomic E-state index is 0.124. The van der Waals surface area contributed by atoms with Crippen molar-refractivity contribution in [2.24, 2.45) is 10.9 Å². The van der Waals surface area contributed by atoms with E-state index in [1.807, 2.05) is 37.9 Å². The first-order valence-electron chi connectivity index (χ1n) is 6.52. The number of aryl methyl sites for hydroxylation is 2. The van der Waals surface area contributed by atoms with Crippen LogP contribution in [0.2, 0.25) is 0 Å². The van der Waals surface area contributed by atoms with Gasteiger partial charge in [0.05, 0.1) is 5.69 Å². The van der Waals surface area contributed by atoms with E-state index in [1.54, 1.807) is 6.07 Å². The number of benzene rings is 2. The lowest BCUT2D eigenvalue weighted by molar-refractivity contribution is 0.318. The molecule has 0 saturated carbocycles. The van der Waals surface area contributed by atoms with Crippen LogP contribution in [0.1, 0.15) is 16.7 Å². The second kappa shape index (κ2) is 5.83. The minimum Gasteiger partial charge on any atom is -0.409 e. The van der Waals surface area contributed by atoms with Crippen molar-refractivity contribution in [3.05, 3.63) is 58.9 Å². The van der Waals surface area contributed by atoms with Crippen molar-refractivity contribution < 1.29 is 9.60 Å². The third kappa shape index (κ3) is 3.13. The highest BCUT2D eigenvalue weighted by Gasteiger charge is 2.14. The lowest BCUT2D eigenvalue weighted by Crippen LogP contribution is -2.20. The maximum absolute atomic E-state index is 13.4. The zero-order valence-corrected chi connectivity index (χ0v) is 12.3. The maximum atomic E-state index is 13.4. The Morgan fingerprint density at radius 2 is 1.76 bits per heavy atom. The molecule has 5 heteroatoms. The van der Waals surface area contributed by atoms with Gasteiger partial charge in [-0.05, 0) is 55.3 Å². The number of anilines is 2. The number of amidine groups is 1. The quantitative estimate of drug-likeness (QED) is 0.394. The number of hydrogen-bond acceptors (Lipinski definition) is 3. The van der Waals surface area contributed by atoms with Crippen molar-refractivity contribution in [2.45, 2.75) is 13.8 Å².